The zero-order valence-corrected chi connectivity index (χ0v) is 15.5. The monoisotopic (exact) mass is 372 g/mol. The molecule has 1 aromatic carbocycles. The normalized spacial score (nSPS) is 14.3. The summed E-state index contributed by atoms with van der Waals surface area (Å²) in [5.74, 6) is 0.0678. The lowest BCUT2D eigenvalue weighted by atomic mass is 10.2. The number of hydrogen-bond donors (Lipinski definition) is 1. The summed E-state index contributed by atoms with van der Waals surface area (Å²) in [7, 11) is 3.18. The smallest absolute Gasteiger partial charge is 0.278 e. The highest BCUT2D eigenvalue weighted by atomic mass is 32.1. The minimum atomic E-state index is -0.322. The van der Waals surface area contributed by atoms with E-state index in [9.17, 15) is 9.59 Å². The second kappa shape index (κ2) is 8.16. The number of anilines is 1. The number of thiophene rings is 1. The fourth-order valence-electron chi connectivity index (χ4n) is 2.76. The van der Waals surface area contributed by atoms with Crippen molar-refractivity contribution in [3.63, 3.8) is 0 Å². The van der Waals surface area contributed by atoms with E-state index in [2.05, 4.69) is 5.32 Å². The lowest BCUT2D eigenvalue weighted by molar-refractivity contribution is -0.136. The van der Waals surface area contributed by atoms with Gasteiger partial charge in [-0.05, 0) is 30.0 Å². The Morgan fingerprint density at radius 1 is 1.12 bits per heavy atom. The van der Waals surface area contributed by atoms with Crippen molar-refractivity contribution in [1.29, 1.82) is 0 Å². The Morgan fingerprint density at radius 2 is 1.96 bits per heavy atom. The summed E-state index contributed by atoms with van der Waals surface area (Å²) >= 11 is 1.43. The van der Waals surface area contributed by atoms with Gasteiger partial charge in [0, 0.05) is 36.9 Å². The molecule has 6 nitrogen and oxygen atoms in total. The van der Waals surface area contributed by atoms with Gasteiger partial charge in [-0.1, -0.05) is 12.1 Å². The van der Waals surface area contributed by atoms with Crippen molar-refractivity contribution >= 4 is 34.4 Å². The van der Waals surface area contributed by atoms with Crippen LogP contribution in [-0.2, 0) is 14.3 Å². The second-order valence-corrected chi connectivity index (χ2v) is 6.64. The third-order valence-electron chi connectivity index (χ3n) is 4.00. The average molecular weight is 372 g/mol. The maximum absolute atomic E-state index is 12.9. The number of carbonyl (C=O) groups excluding carboxylic acids is 2. The Balaban J connectivity index is 1.93. The van der Waals surface area contributed by atoms with Gasteiger partial charge >= 0.3 is 0 Å². The minimum Gasteiger partial charge on any atom is -0.497 e. The molecule has 0 fully saturated rings. The minimum absolute atomic E-state index is 0.279. The zero-order chi connectivity index (χ0) is 18.5. The number of nitrogens with one attached hydrogen (secondary N) is 1. The van der Waals surface area contributed by atoms with Crippen LogP contribution in [0.5, 0.6) is 5.75 Å². The quantitative estimate of drug-likeness (QED) is 0.570. The third-order valence-corrected chi connectivity index (χ3v) is 4.89. The number of hydrogen-bond acceptors (Lipinski definition) is 6. The third kappa shape index (κ3) is 3.63. The van der Waals surface area contributed by atoms with Crippen LogP contribution in [0.4, 0.5) is 5.69 Å². The molecule has 0 unspecified atom stereocenters. The van der Waals surface area contributed by atoms with Crippen LogP contribution >= 0.6 is 11.3 Å². The molecule has 1 aromatic heterocycles. The molecule has 0 bridgehead atoms. The summed E-state index contributed by atoms with van der Waals surface area (Å²) in [5.41, 5.74) is 1.39. The molecule has 0 saturated heterocycles. The van der Waals surface area contributed by atoms with E-state index in [1.165, 1.54) is 16.2 Å². The number of ether oxygens (including phenoxy) is 2. The summed E-state index contributed by atoms with van der Waals surface area (Å²) in [6.07, 6.45) is 0.595. The highest BCUT2D eigenvalue weighted by Gasteiger charge is 2.39. The Bertz CT molecular complexity index is 830. The molecule has 2 amide bonds. The number of methoxy groups -OCH3 is 2. The number of imide groups is 1. The molecule has 0 radical (unpaired) electrons. The van der Waals surface area contributed by atoms with Crippen LogP contribution in [0.25, 0.3) is 5.57 Å². The molecule has 0 atom stereocenters. The first-order valence-corrected chi connectivity index (χ1v) is 9.08. The molecule has 2 heterocycles. The SMILES string of the molecule is COCCCN1C(=O)C(Nc2cccc(OC)c2)=C(c2cccs2)C1=O. The zero-order valence-electron chi connectivity index (χ0n) is 14.7. The molecular formula is C19H20N2O4S. The molecule has 2 aromatic rings. The predicted molar refractivity (Wildman–Crippen MR) is 101 cm³/mol. The standard InChI is InChI=1S/C19H20N2O4S/c1-24-10-5-9-21-18(22)16(15-8-4-11-26-15)17(19(21)23)20-13-6-3-7-14(12-13)25-2/h3-4,6-8,11-12,20H,5,9-10H2,1-2H3. The van der Waals surface area contributed by atoms with Gasteiger partial charge in [0.1, 0.15) is 11.4 Å². The molecule has 0 saturated carbocycles. The van der Waals surface area contributed by atoms with Crippen molar-refractivity contribution in [3.05, 3.63) is 52.4 Å². The van der Waals surface area contributed by atoms with E-state index in [0.29, 0.717) is 42.3 Å². The van der Waals surface area contributed by atoms with Crippen LogP contribution in [0.15, 0.2) is 47.5 Å². The first-order valence-electron chi connectivity index (χ1n) is 8.20. The van der Waals surface area contributed by atoms with Gasteiger partial charge in [-0.15, -0.1) is 11.3 Å². The topological polar surface area (TPSA) is 67.9 Å². The van der Waals surface area contributed by atoms with Crippen molar-refractivity contribution in [2.75, 3.05) is 32.7 Å². The van der Waals surface area contributed by atoms with Crippen molar-refractivity contribution < 1.29 is 19.1 Å². The van der Waals surface area contributed by atoms with E-state index in [-0.39, 0.29) is 11.8 Å². The Hall–Kier alpha value is -2.64. The van der Waals surface area contributed by atoms with Gasteiger partial charge in [-0.3, -0.25) is 14.5 Å². The van der Waals surface area contributed by atoms with E-state index in [4.69, 9.17) is 9.47 Å². The van der Waals surface area contributed by atoms with E-state index in [1.807, 2.05) is 35.7 Å². The van der Waals surface area contributed by atoms with Gasteiger partial charge in [-0.25, -0.2) is 0 Å². The maximum Gasteiger partial charge on any atom is 0.278 e. The Morgan fingerprint density at radius 3 is 2.65 bits per heavy atom. The number of nitrogens with zero attached hydrogens (tertiary/aromatic N) is 1. The van der Waals surface area contributed by atoms with Crippen molar-refractivity contribution in [2.45, 2.75) is 6.42 Å². The lowest BCUT2D eigenvalue weighted by Gasteiger charge is -2.15. The maximum atomic E-state index is 12.9. The summed E-state index contributed by atoms with van der Waals surface area (Å²) in [6.45, 7) is 0.813. The van der Waals surface area contributed by atoms with Gasteiger partial charge in [0.15, 0.2) is 0 Å². The second-order valence-electron chi connectivity index (χ2n) is 5.69. The molecule has 26 heavy (non-hydrogen) atoms. The molecular weight excluding hydrogens is 352 g/mol. The fraction of sp³-hybridized carbons (Fsp3) is 0.263. The van der Waals surface area contributed by atoms with E-state index < -0.39 is 0 Å². The Kier molecular flexibility index (Phi) is 5.70. The van der Waals surface area contributed by atoms with E-state index in [1.54, 1.807) is 20.3 Å². The van der Waals surface area contributed by atoms with Gasteiger partial charge in [0.05, 0.1) is 12.7 Å². The molecule has 136 valence electrons. The van der Waals surface area contributed by atoms with Crippen molar-refractivity contribution in [3.8, 4) is 5.75 Å². The fourth-order valence-corrected chi connectivity index (χ4v) is 3.52. The van der Waals surface area contributed by atoms with Crippen LogP contribution < -0.4 is 10.1 Å². The van der Waals surface area contributed by atoms with Crippen LogP contribution in [0.1, 0.15) is 11.3 Å². The highest BCUT2D eigenvalue weighted by molar-refractivity contribution is 7.11. The molecule has 1 aliphatic rings. The van der Waals surface area contributed by atoms with Crippen LogP contribution in [0.3, 0.4) is 0 Å². The van der Waals surface area contributed by atoms with Crippen molar-refractivity contribution in [1.82, 2.24) is 4.90 Å². The molecule has 3 rings (SSSR count). The molecule has 0 spiro atoms. The van der Waals surface area contributed by atoms with E-state index >= 15 is 0 Å². The number of rotatable bonds is 8. The summed E-state index contributed by atoms with van der Waals surface area (Å²) in [5, 5.41) is 5.00. The predicted octanol–water partition coefficient (Wildman–Crippen LogP) is 2.99. The number of amides is 2. The van der Waals surface area contributed by atoms with Crippen LogP contribution in [-0.4, -0.2) is 44.1 Å². The highest BCUT2D eigenvalue weighted by Crippen LogP contribution is 2.33. The van der Waals surface area contributed by atoms with Gasteiger partial charge in [-0.2, -0.15) is 0 Å². The summed E-state index contributed by atoms with van der Waals surface area (Å²) in [6, 6.07) is 11.0. The molecule has 1 aliphatic heterocycles. The van der Waals surface area contributed by atoms with Crippen LogP contribution in [0.2, 0.25) is 0 Å². The lowest BCUT2D eigenvalue weighted by Crippen LogP contribution is -2.33. The number of carbonyl (C=O) groups is 2. The van der Waals surface area contributed by atoms with Gasteiger partial charge in [0.25, 0.3) is 11.8 Å². The van der Waals surface area contributed by atoms with Gasteiger partial charge in [0.2, 0.25) is 0 Å². The summed E-state index contributed by atoms with van der Waals surface area (Å²) < 4.78 is 10.3. The van der Waals surface area contributed by atoms with E-state index in [0.717, 1.165) is 4.88 Å². The van der Waals surface area contributed by atoms with Gasteiger partial charge < -0.3 is 14.8 Å². The largest absolute Gasteiger partial charge is 0.497 e. The molecule has 7 heteroatoms. The first-order chi connectivity index (χ1) is 12.7. The molecule has 0 aliphatic carbocycles. The Labute approximate surface area is 156 Å². The summed E-state index contributed by atoms with van der Waals surface area (Å²) in [4.78, 5) is 27.8. The first kappa shape index (κ1) is 18.2. The number of benzene rings is 1. The average Bonchev–Trinajstić information content (AvgIpc) is 3.25. The van der Waals surface area contributed by atoms with Crippen LogP contribution in [0, 0.1) is 0 Å². The van der Waals surface area contributed by atoms with Crippen molar-refractivity contribution in [2.24, 2.45) is 0 Å². The molecule has 1 N–H and O–H groups in total.